The van der Waals surface area contributed by atoms with Crippen LogP contribution in [0.3, 0.4) is 0 Å². The summed E-state index contributed by atoms with van der Waals surface area (Å²) >= 11 is 12.4. The monoisotopic (exact) mass is 404 g/mol. The molecule has 2 atom stereocenters. The van der Waals surface area contributed by atoms with Crippen LogP contribution in [-0.4, -0.2) is 20.8 Å². The van der Waals surface area contributed by atoms with Crippen LogP contribution in [-0.2, 0) is 5.72 Å². The molecule has 0 saturated carbocycles. The van der Waals surface area contributed by atoms with Crippen LogP contribution in [0.1, 0.15) is 26.3 Å². The first-order valence-corrected chi connectivity index (χ1v) is 9.37. The first-order chi connectivity index (χ1) is 12.7. The van der Waals surface area contributed by atoms with Crippen LogP contribution in [0, 0.1) is 5.41 Å². The summed E-state index contributed by atoms with van der Waals surface area (Å²) in [6.07, 6.45) is 4.13. The molecular weight excluding hydrogens is 383 g/mol. The van der Waals surface area contributed by atoms with E-state index in [0.717, 1.165) is 5.56 Å². The summed E-state index contributed by atoms with van der Waals surface area (Å²) in [7, 11) is 0. The average Bonchev–Trinajstić information content (AvgIpc) is 3.16. The minimum Gasteiger partial charge on any atom is -0.459 e. The molecule has 1 N–H and O–H groups in total. The second-order valence-electron chi connectivity index (χ2n) is 7.48. The van der Waals surface area contributed by atoms with Crippen LogP contribution in [0.4, 0.5) is 0 Å². The number of benzene rings is 2. The highest BCUT2D eigenvalue weighted by Gasteiger charge is 2.49. The highest BCUT2D eigenvalue weighted by atomic mass is 35.5. The van der Waals surface area contributed by atoms with Gasteiger partial charge >= 0.3 is 0 Å². The largest absolute Gasteiger partial charge is 0.459 e. The van der Waals surface area contributed by atoms with Crippen molar-refractivity contribution in [2.24, 2.45) is 5.41 Å². The van der Waals surface area contributed by atoms with Crippen molar-refractivity contribution in [2.75, 3.05) is 0 Å². The number of aliphatic hydroxyl groups is 1. The Kier molecular flexibility index (Phi) is 5.52. The molecule has 0 aliphatic heterocycles. The molecule has 1 aromatic heterocycles. The first-order valence-electron chi connectivity index (χ1n) is 8.61. The molecule has 3 rings (SSSR count). The summed E-state index contributed by atoms with van der Waals surface area (Å²) in [5.74, 6) is 0.418. The van der Waals surface area contributed by atoms with E-state index in [-0.39, 0.29) is 0 Å². The van der Waals surface area contributed by atoms with Gasteiger partial charge in [-0.1, -0.05) is 74.3 Å². The van der Waals surface area contributed by atoms with E-state index < -0.39 is 17.2 Å². The van der Waals surface area contributed by atoms with Crippen LogP contribution in [0.5, 0.6) is 5.75 Å². The van der Waals surface area contributed by atoms with Crippen molar-refractivity contribution in [3.8, 4) is 5.75 Å². The van der Waals surface area contributed by atoms with Crippen molar-refractivity contribution in [3.63, 3.8) is 0 Å². The lowest BCUT2D eigenvalue weighted by atomic mass is 9.79. The summed E-state index contributed by atoms with van der Waals surface area (Å²) in [6.45, 7) is 5.87. The van der Waals surface area contributed by atoms with Gasteiger partial charge in [0.25, 0.3) is 0 Å². The smallest absolute Gasteiger partial charge is 0.240 e. The fourth-order valence-corrected chi connectivity index (χ4v) is 3.51. The van der Waals surface area contributed by atoms with Gasteiger partial charge in [-0.05, 0) is 23.6 Å². The molecule has 3 aromatic rings. The summed E-state index contributed by atoms with van der Waals surface area (Å²) in [4.78, 5) is 4.17. The first kappa shape index (κ1) is 19.7. The quantitative estimate of drug-likeness (QED) is 0.620. The lowest BCUT2D eigenvalue weighted by Crippen LogP contribution is -2.55. The maximum Gasteiger partial charge on any atom is 0.240 e. The Morgan fingerprint density at radius 1 is 1.07 bits per heavy atom. The number of nitrogens with zero attached hydrogens (tertiary/aromatic N) is 2. The third kappa shape index (κ3) is 3.84. The van der Waals surface area contributed by atoms with E-state index in [1.165, 1.54) is 0 Å². The molecule has 0 spiro atoms. The highest BCUT2D eigenvalue weighted by molar-refractivity contribution is 6.35. The molecular formula is C21H22Cl2N2O2. The lowest BCUT2D eigenvalue weighted by Gasteiger charge is -2.44. The Morgan fingerprint density at radius 2 is 1.78 bits per heavy atom. The predicted molar refractivity (Wildman–Crippen MR) is 108 cm³/mol. The van der Waals surface area contributed by atoms with Gasteiger partial charge in [0.15, 0.2) is 0 Å². The summed E-state index contributed by atoms with van der Waals surface area (Å²) < 4.78 is 8.26. The molecule has 0 aliphatic rings. The van der Waals surface area contributed by atoms with Crippen LogP contribution in [0.25, 0.3) is 0 Å². The van der Waals surface area contributed by atoms with E-state index in [1.807, 2.05) is 51.1 Å². The lowest BCUT2D eigenvalue weighted by molar-refractivity contribution is -0.127. The van der Waals surface area contributed by atoms with Crippen molar-refractivity contribution in [3.05, 3.63) is 82.9 Å². The Labute approximate surface area is 169 Å². The van der Waals surface area contributed by atoms with E-state index in [4.69, 9.17) is 27.9 Å². The van der Waals surface area contributed by atoms with Crippen molar-refractivity contribution < 1.29 is 9.84 Å². The van der Waals surface area contributed by atoms with E-state index in [2.05, 4.69) is 4.98 Å². The maximum atomic E-state index is 11.5. The van der Waals surface area contributed by atoms with E-state index in [9.17, 15) is 5.11 Å². The van der Waals surface area contributed by atoms with Gasteiger partial charge in [0.2, 0.25) is 5.72 Å². The molecule has 142 valence electrons. The molecule has 1 heterocycles. The summed E-state index contributed by atoms with van der Waals surface area (Å²) in [6, 6.07) is 14.6. The van der Waals surface area contributed by atoms with Crippen molar-refractivity contribution in [2.45, 2.75) is 32.6 Å². The molecule has 0 amide bonds. The van der Waals surface area contributed by atoms with Crippen molar-refractivity contribution in [1.82, 2.24) is 9.55 Å². The van der Waals surface area contributed by atoms with Gasteiger partial charge in [0.1, 0.15) is 11.9 Å². The molecule has 6 heteroatoms. The van der Waals surface area contributed by atoms with E-state index in [0.29, 0.717) is 15.8 Å². The third-order valence-corrected chi connectivity index (χ3v) is 4.96. The van der Waals surface area contributed by atoms with E-state index in [1.54, 1.807) is 41.5 Å². The van der Waals surface area contributed by atoms with Crippen LogP contribution >= 0.6 is 23.2 Å². The van der Waals surface area contributed by atoms with Crippen molar-refractivity contribution >= 4 is 23.2 Å². The molecule has 2 aromatic carbocycles. The summed E-state index contributed by atoms with van der Waals surface area (Å²) in [5, 5.41) is 12.4. The number of hydrogen-bond donors (Lipinski definition) is 1. The normalized spacial score (nSPS) is 15.2. The maximum absolute atomic E-state index is 11.5. The van der Waals surface area contributed by atoms with E-state index >= 15 is 0 Å². The molecule has 4 nitrogen and oxygen atoms in total. The second kappa shape index (κ2) is 7.55. The molecule has 0 bridgehead atoms. The molecule has 27 heavy (non-hydrogen) atoms. The standard InChI is InChI=1S/C21H22Cl2N2O2/c1-20(2,3)19(26)21(25-12-11-24-14-25,15-7-5-4-6-8-15)27-18-10-9-16(22)13-17(18)23/h4-14,19,26H,1-3H3. The Balaban J connectivity index is 2.26. The Hall–Kier alpha value is -2.01. The number of rotatable bonds is 5. The van der Waals surface area contributed by atoms with Crippen LogP contribution in [0.15, 0.2) is 67.3 Å². The van der Waals surface area contributed by atoms with Gasteiger partial charge in [-0.25, -0.2) is 4.98 Å². The zero-order chi connectivity index (χ0) is 19.7. The SMILES string of the molecule is CC(C)(C)C(O)C(Oc1ccc(Cl)cc1Cl)(c1ccccc1)n1ccnc1. The Morgan fingerprint density at radius 3 is 2.33 bits per heavy atom. The fraction of sp³-hybridized carbons (Fsp3) is 0.286. The number of aromatic nitrogens is 2. The van der Waals surface area contributed by atoms with Crippen LogP contribution < -0.4 is 4.74 Å². The van der Waals surface area contributed by atoms with Gasteiger partial charge in [-0.3, -0.25) is 4.57 Å². The molecule has 0 fully saturated rings. The Bertz CT molecular complexity index is 892. The van der Waals surface area contributed by atoms with Gasteiger partial charge in [-0.15, -0.1) is 0 Å². The number of ether oxygens (including phenoxy) is 1. The zero-order valence-corrected chi connectivity index (χ0v) is 16.9. The third-order valence-electron chi connectivity index (χ3n) is 4.43. The number of aliphatic hydroxyl groups excluding tert-OH is 1. The molecule has 2 unspecified atom stereocenters. The molecule has 0 radical (unpaired) electrons. The minimum absolute atomic E-state index is 0.365. The topological polar surface area (TPSA) is 47.3 Å². The van der Waals surface area contributed by atoms with Crippen molar-refractivity contribution in [1.29, 1.82) is 0 Å². The minimum atomic E-state index is -1.27. The average molecular weight is 405 g/mol. The highest BCUT2D eigenvalue weighted by Crippen LogP contribution is 2.42. The second-order valence-corrected chi connectivity index (χ2v) is 8.32. The number of halogens is 2. The molecule has 0 saturated heterocycles. The van der Waals surface area contributed by atoms with Gasteiger partial charge in [-0.2, -0.15) is 0 Å². The summed E-state index contributed by atoms with van der Waals surface area (Å²) in [5.41, 5.74) is -0.997. The van der Waals surface area contributed by atoms with Gasteiger partial charge in [0.05, 0.1) is 11.3 Å². The molecule has 0 aliphatic carbocycles. The fourth-order valence-electron chi connectivity index (χ4n) is 3.06. The van der Waals surface area contributed by atoms with Gasteiger partial charge < -0.3 is 9.84 Å². The number of hydrogen-bond acceptors (Lipinski definition) is 3. The number of imidazole rings is 1. The van der Waals surface area contributed by atoms with Crippen LogP contribution in [0.2, 0.25) is 10.0 Å². The predicted octanol–water partition coefficient (Wildman–Crippen LogP) is 5.38. The van der Waals surface area contributed by atoms with Gasteiger partial charge in [0, 0.05) is 23.0 Å². The zero-order valence-electron chi connectivity index (χ0n) is 15.4.